The maximum absolute atomic E-state index is 5.33. The lowest BCUT2D eigenvalue weighted by Gasteiger charge is -2.44. The first-order chi connectivity index (χ1) is 11.2. The van der Waals surface area contributed by atoms with Gasteiger partial charge < -0.3 is 9.64 Å². The first-order valence-electron chi connectivity index (χ1n) is 8.80. The standard InChI is InChI=1S/C21H30N2O/c1-20(2)11-12-23(15-21(3,4)22(20)5)18-9-7-17-14-19(24-6)10-8-16(17)13-18/h7-10,13-14H,11-12,15H2,1-6H3. The molecule has 0 spiro atoms. The summed E-state index contributed by atoms with van der Waals surface area (Å²) < 4.78 is 5.33. The van der Waals surface area contributed by atoms with E-state index in [1.54, 1.807) is 7.11 Å². The number of hydrogen-bond acceptors (Lipinski definition) is 3. The van der Waals surface area contributed by atoms with Gasteiger partial charge in [-0.05, 0) is 76.2 Å². The lowest BCUT2D eigenvalue weighted by molar-refractivity contribution is 0.0590. The van der Waals surface area contributed by atoms with Crippen LogP contribution in [-0.2, 0) is 0 Å². The molecule has 1 aliphatic heterocycles. The van der Waals surface area contributed by atoms with Crippen molar-refractivity contribution in [2.45, 2.75) is 45.2 Å². The lowest BCUT2D eigenvalue weighted by Crippen LogP contribution is -2.54. The van der Waals surface area contributed by atoms with Crippen molar-refractivity contribution >= 4 is 16.5 Å². The van der Waals surface area contributed by atoms with Gasteiger partial charge in [0.1, 0.15) is 5.75 Å². The highest BCUT2D eigenvalue weighted by molar-refractivity contribution is 5.87. The van der Waals surface area contributed by atoms with Crippen LogP contribution in [0.15, 0.2) is 36.4 Å². The van der Waals surface area contributed by atoms with Gasteiger partial charge in [-0.1, -0.05) is 12.1 Å². The summed E-state index contributed by atoms with van der Waals surface area (Å²) in [6.45, 7) is 11.5. The van der Waals surface area contributed by atoms with Gasteiger partial charge >= 0.3 is 0 Å². The van der Waals surface area contributed by atoms with Gasteiger partial charge in [0.05, 0.1) is 7.11 Å². The fraction of sp³-hybridized carbons (Fsp3) is 0.524. The summed E-state index contributed by atoms with van der Waals surface area (Å²) in [6.07, 6.45) is 1.16. The summed E-state index contributed by atoms with van der Waals surface area (Å²) in [7, 11) is 3.98. The topological polar surface area (TPSA) is 15.7 Å². The molecule has 2 aromatic rings. The third-order valence-electron chi connectivity index (χ3n) is 5.78. The Bertz CT molecular complexity index is 736. The number of likely N-dealkylation sites (N-methyl/N-ethyl adjacent to an activating group) is 1. The van der Waals surface area contributed by atoms with Crippen molar-refractivity contribution in [3.05, 3.63) is 36.4 Å². The van der Waals surface area contributed by atoms with E-state index in [0.717, 1.165) is 25.3 Å². The Morgan fingerprint density at radius 1 is 0.917 bits per heavy atom. The SMILES string of the molecule is COc1ccc2cc(N3CCC(C)(C)N(C)C(C)(C)C3)ccc2c1. The highest BCUT2D eigenvalue weighted by Gasteiger charge is 2.39. The smallest absolute Gasteiger partial charge is 0.119 e. The molecule has 0 aromatic heterocycles. The highest BCUT2D eigenvalue weighted by atomic mass is 16.5. The molecule has 0 amide bonds. The molecule has 3 heteroatoms. The van der Waals surface area contributed by atoms with Crippen LogP contribution in [0, 0.1) is 0 Å². The van der Waals surface area contributed by atoms with Crippen LogP contribution in [0.1, 0.15) is 34.1 Å². The van der Waals surface area contributed by atoms with Crippen LogP contribution < -0.4 is 9.64 Å². The minimum atomic E-state index is 0.134. The zero-order valence-electron chi connectivity index (χ0n) is 15.9. The molecule has 0 aliphatic carbocycles. The van der Waals surface area contributed by atoms with E-state index in [1.165, 1.54) is 16.5 Å². The maximum Gasteiger partial charge on any atom is 0.119 e. The van der Waals surface area contributed by atoms with Gasteiger partial charge in [0.25, 0.3) is 0 Å². The van der Waals surface area contributed by atoms with Crippen LogP contribution in [-0.4, -0.2) is 43.2 Å². The molecule has 2 aromatic carbocycles. The summed E-state index contributed by atoms with van der Waals surface area (Å²) in [5, 5.41) is 2.49. The summed E-state index contributed by atoms with van der Waals surface area (Å²) in [6, 6.07) is 13.0. The van der Waals surface area contributed by atoms with Gasteiger partial charge in [0.15, 0.2) is 0 Å². The van der Waals surface area contributed by atoms with Crippen molar-refractivity contribution in [3.8, 4) is 5.75 Å². The molecule has 1 heterocycles. The van der Waals surface area contributed by atoms with E-state index in [1.807, 2.05) is 6.07 Å². The van der Waals surface area contributed by atoms with Crippen LogP contribution in [0.3, 0.4) is 0 Å². The van der Waals surface area contributed by atoms with Crippen LogP contribution in [0.25, 0.3) is 10.8 Å². The van der Waals surface area contributed by atoms with Crippen molar-refractivity contribution in [1.82, 2.24) is 4.90 Å². The molecule has 24 heavy (non-hydrogen) atoms. The molecule has 0 saturated carbocycles. The van der Waals surface area contributed by atoms with Gasteiger partial charge in [-0.15, -0.1) is 0 Å². The van der Waals surface area contributed by atoms with Gasteiger partial charge in [-0.3, -0.25) is 4.90 Å². The molecule has 1 saturated heterocycles. The minimum Gasteiger partial charge on any atom is -0.497 e. The minimum absolute atomic E-state index is 0.134. The Labute approximate surface area is 146 Å². The Morgan fingerprint density at radius 3 is 2.29 bits per heavy atom. The average molecular weight is 326 g/mol. The van der Waals surface area contributed by atoms with Crippen molar-refractivity contribution < 1.29 is 4.74 Å². The maximum atomic E-state index is 5.33. The molecule has 3 nitrogen and oxygen atoms in total. The third-order valence-corrected chi connectivity index (χ3v) is 5.78. The van der Waals surface area contributed by atoms with E-state index in [9.17, 15) is 0 Å². The number of benzene rings is 2. The molecule has 1 fully saturated rings. The number of nitrogens with zero attached hydrogens (tertiary/aromatic N) is 2. The molecule has 130 valence electrons. The molecular weight excluding hydrogens is 296 g/mol. The second-order valence-corrected chi connectivity index (χ2v) is 8.25. The van der Waals surface area contributed by atoms with Gasteiger partial charge in [-0.2, -0.15) is 0 Å². The Hall–Kier alpha value is -1.74. The Kier molecular flexibility index (Phi) is 4.25. The molecule has 0 atom stereocenters. The number of ether oxygens (including phenoxy) is 1. The number of fused-ring (bicyclic) bond motifs is 1. The number of anilines is 1. The second kappa shape index (κ2) is 5.96. The second-order valence-electron chi connectivity index (χ2n) is 8.25. The molecule has 0 unspecified atom stereocenters. The molecule has 0 radical (unpaired) electrons. The van der Waals surface area contributed by atoms with E-state index in [4.69, 9.17) is 4.74 Å². The van der Waals surface area contributed by atoms with Gasteiger partial charge in [0.2, 0.25) is 0 Å². The summed E-state index contributed by atoms with van der Waals surface area (Å²) in [5.41, 5.74) is 1.66. The lowest BCUT2D eigenvalue weighted by atomic mass is 9.93. The largest absolute Gasteiger partial charge is 0.497 e. The van der Waals surface area contributed by atoms with Crippen molar-refractivity contribution in [1.29, 1.82) is 0 Å². The van der Waals surface area contributed by atoms with Crippen molar-refractivity contribution in [3.63, 3.8) is 0 Å². The van der Waals surface area contributed by atoms with Crippen LogP contribution in [0.5, 0.6) is 5.75 Å². The fourth-order valence-corrected chi connectivity index (χ4v) is 3.80. The quantitative estimate of drug-likeness (QED) is 0.805. The average Bonchev–Trinajstić information content (AvgIpc) is 2.64. The van der Waals surface area contributed by atoms with Gasteiger partial charge in [-0.25, -0.2) is 0 Å². The van der Waals surface area contributed by atoms with Gasteiger partial charge in [0, 0.05) is 29.9 Å². The Balaban J connectivity index is 1.94. The Morgan fingerprint density at radius 2 is 1.58 bits per heavy atom. The first kappa shape index (κ1) is 17.1. The number of methoxy groups -OCH3 is 1. The predicted octanol–water partition coefficient (Wildman–Crippen LogP) is 4.55. The first-order valence-corrected chi connectivity index (χ1v) is 8.80. The monoisotopic (exact) mass is 326 g/mol. The van der Waals surface area contributed by atoms with Crippen LogP contribution in [0.2, 0.25) is 0 Å². The summed E-state index contributed by atoms with van der Waals surface area (Å²) >= 11 is 0. The van der Waals surface area contributed by atoms with Crippen molar-refractivity contribution in [2.24, 2.45) is 0 Å². The van der Waals surface area contributed by atoms with E-state index in [-0.39, 0.29) is 11.1 Å². The van der Waals surface area contributed by atoms with E-state index in [2.05, 4.69) is 74.9 Å². The van der Waals surface area contributed by atoms with E-state index >= 15 is 0 Å². The van der Waals surface area contributed by atoms with Crippen LogP contribution in [0.4, 0.5) is 5.69 Å². The predicted molar refractivity (Wildman–Crippen MR) is 103 cm³/mol. The molecule has 0 bridgehead atoms. The molecule has 1 aliphatic rings. The third kappa shape index (κ3) is 3.10. The zero-order chi connectivity index (χ0) is 17.5. The van der Waals surface area contributed by atoms with E-state index in [0.29, 0.717) is 0 Å². The molecule has 3 rings (SSSR count). The van der Waals surface area contributed by atoms with E-state index < -0.39 is 0 Å². The summed E-state index contributed by atoms with van der Waals surface area (Å²) in [4.78, 5) is 5.07. The molecule has 0 N–H and O–H groups in total. The highest BCUT2D eigenvalue weighted by Crippen LogP contribution is 2.34. The number of rotatable bonds is 2. The fourth-order valence-electron chi connectivity index (χ4n) is 3.80. The van der Waals surface area contributed by atoms with Crippen LogP contribution >= 0.6 is 0 Å². The molecular formula is C21H30N2O. The zero-order valence-corrected chi connectivity index (χ0v) is 15.9. The normalized spacial score (nSPS) is 20.8. The number of hydrogen-bond donors (Lipinski definition) is 0. The van der Waals surface area contributed by atoms with Crippen molar-refractivity contribution in [2.75, 3.05) is 32.1 Å². The summed E-state index contributed by atoms with van der Waals surface area (Å²) in [5.74, 6) is 0.912.